The van der Waals surface area contributed by atoms with E-state index < -0.39 is 17.5 Å². The van der Waals surface area contributed by atoms with Crippen LogP contribution in [-0.2, 0) is 16.0 Å². The van der Waals surface area contributed by atoms with Gasteiger partial charge in [-0.05, 0) is 12.1 Å². The zero-order valence-corrected chi connectivity index (χ0v) is 13.5. The van der Waals surface area contributed by atoms with Crippen LogP contribution in [0.15, 0.2) is 23.4 Å². The van der Waals surface area contributed by atoms with Crippen molar-refractivity contribution in [2.75, 3.05) is 17.6 Å². The van der Waals surface area contributed by atoms with E-state index in [9.17, 15) is 18.4 Å². The lowest BCUT2D eigenvalue weighted by molar-refractivity contribution is -0.122. The van der Waals surface area contributed by atoms with Gasteiger partial charge in [-0.2, -0.15) is 0 Å². The maximum atomic E-state index is 13.0. The molecule has 0 aliphatic carbocycles. The molecule has 1 heterocycles. The van der Waals surface area contributed by atoms with Crippen LogP contribution >= 0.6 is 11.8 Å². The normalized spacial score (nSPS) is 10.5. The van der Waals surface area contributed by atoms with E-state index in [1.165, 1.54) is 6.07 Å². The van der Waals surface area contributed by atoms with E-state index >= 15 is 0 Å². The molecule has 0 spiro atoms. The van der Waals surface area contributed by atoms with Gasteiger partial charge >= 0.3 is 0 Å². The van der Waals surface area contributed by atoms with Gasteiger partial charge in [-0.25, -0.2) is 13.8 Å². The molecule has 0 unspecified atom stereocenters. The summed E-state index contributed by atoms with van der Waals surface area (Å²) in [6.45, 7) is 1.64. The Labute approximate surface area is 140 Å². The molecule has 2 aromatic rings. The molecule has 2 rings (SSSR count). The zero-order chi connectivity index (χ0) is 17.5. The van der Waals surface area contributed by atoms with Crippen LogP contribution in [0.1, 0.15) is 12.7 Å². The van der Waals surface area contributed by atoms with Crippen molar-refractivity contribution in [2.45, 2.75) is 18.5 Å². The number of aryl methyl sites for hydroxylation is 1. The highest BCUT2D eigenvalue weighted by molar-refractivity contribution is 7.99. The minimum absolute atomic E-state index is 0.0550. The minimum Gasteiger partial charge on any atom is -0.346 e. The average molecular weight is 355 g/mol. The van der Waals surface area contributed by atoms with Crippen molar-refractivity contribution in [2.24, 2.45) is 0 Å². The van der Waals surface area contributed by atoms with Gasteiger partial charge in [0.25, 0.3) is 0 Å². The molecular formula is C14H15F2N5O2S. The van der Waals surface area contributed by atoms with Gasteiger partial charge in [-0.1, -0.05) is 18.7 Å². The molecule has 1 aromatic heterocycles. The molecule has 3 N–H and O–H groups in total. The summed E-state index contributed by atoms with van der Waals surface area (Å²) >= 11 is 1.14. The smallest absolute Gasteiger partial charge is 0.243 e. The van der Waals surface area contributed by atoms with Crippen LogP contribution in [-0.4, -0.2) is 39.3 Å². The Morgan fingerprint density at radius 2 is 2.04 bits per heavy atom. The van der Waals surface area contributed by atoms with Crippen LogP contribution in [0.5, 0.6) is 0 Å². The molecule has 0 fully saturated rings. The van der Waals surface area contributed by atoms with Gasteiger partial charge in [0.2, 0.25) is 17.0 Å². The first-order valence-electron chi connectivity index (χ1n) is 7.03. The van der Waals surface area contributed by atoms with Crippen LogP contribution in [0, 0.1) is 11.6 Å². The predicted molar refractivity (Wildman–Crippen MR) is 84.5 cm³/mol. The van der Waals surface area contributed by atoms with Gasteiger partial charge in [0, 0.05) is 18.2 Å². The lowest BCUT2D eigenvalue weighted by atomic mass is 10.3. The van der Waals surface area contributed by atoms with E-state index in [2.05, 4.69) is 25.8 Å². The van der Waals surface area contributed by atoms with E-state index in [0.29, 0.717) is 11.6 Å². The number of anilines is 1. The topological polar surface area (TPSA) is 99.8 Å². The van der Waals surface area contributed by atoms with Crippen LogP contribution < -0.4 is 10.6 Å². The highest BCUT2D eigenvalue weighted by Crippen LogP contribution is 2.13. The van der Waals surface area contributed by atoms with E-state index in [0.717, 1.165) is 29.7 Å². The first-order chi connectivity index (χ1) is 11.5. The molecule has 7 nitrogen and oxygen atoms in total. The fourth-order valence-electron chi connectivity index (χ4n) is 1.64. The number of nitrogens with one attached hydrogen (secondary N) is 3. The number of H-pyrrole nitrogens is 1. The summed E-state index contributed by atoms with van der Waals surface area (Å²) < 4.78 is 25.8. The van der Waals surface area contributed by atoms with Gasteiger partial charge in [0.05, 0.1) is 12.3 Å². The van der Waals surface area contributed by atoms with E-state index in [4.69, 9.17) is 0 Å². The first kappa shape index (κ1) is 17.9. The van der Waals surface area contributed by atoms with Gasteiger partial charge < -0.3 is 10.6 Å². The number of rotatable bonds is 7. The van der Waals surface area contributed by atoms with Crippen molar-refractivity contribution in [3.8, 4) is 0 Å². The van der Waals surface area contributed by atoms with Crippen molar-refractivity contribution < 1.29 is 18.4 Å². The largest absolute Gasteiger partial charge is 0.346 e. The van der Waals surface area contributed by atoms with E-state index in [-0.39, 0.29) is 23.9 Å². The number of halogens is 2. The number of hydrogen-bond acceptors (Lipinski definition) is 5. The third-order valence-electron chi connectivity index (χ3n) is 2.83. The number of carbonyl (C=O) groups is 2. The number of hydrogen-bond donors (Lipinski definition) is 3. The lowest BCUT2D eigenvalue weighted by Gasteiger charge is -2.07. The van der Waals surface area contributed by atoms with E-state index in [1.54, 1.807) is 0 Å². The number of thioether (sulfide) groups is 1. The van der Waals surface area contributed by atoms with Gasteiger partial charge in [0.1, 0.15) is 5.82 Å². The van der Waals surface area contributed by atoms with Crippen molar-refractivity contribution in [1.82, 2.24) is 20.5 Å². The summed E-state index contributed by atoms with van der Waals surface area (Å²) in [6, 6.07) is 2.99. The highest BCUT2D eigenvalue weighted by Gasteiger charge is 2.10. The van der Waals surface area contributed by atoms with Crippen molar-refractivity contribution >= 4 is 29.3 Å². The number of carbonyl (C=O) groups excluding carboxylic acids is 2. The van der Waals surface area contributed by atoms with Gasteiger partial charge in [0.15, 0.2) is 11.6 Å². The zero-order valence-electron chi connectivity index (χ0n) is 12.7. The molecule has 10 heteroatoms. The summed E-state index contributed by atoms with van der Waals surface area (Å²) in [7, 11) is 0. The Hall–Kier alpha value is -2.49. The quantitative estimate of drug-likeness (QED) is 0.654. The third kappa shape index (κ3) is 5.30. The Kier molecular flexibility index (Phi) is 6.24. The van der Waals surface area contributed by atoms with Crippen LogP contribution in [0.3, 0.4) is 0 Å². The number of amides is 2. The van der Waals surface area contributed by atoms with Crippen molar-refractivity contribution in [1.29, 1.82) is 0 Å². The number of aromatic nitrogens is 3. The molecule has 2 amide bonds. The summed E-state index contributed by atoms with van der Waals surface area (Å²) in [6.07, 6.45) is 0.712. The Morgan fingerprint density at radius 1 is 1.25 bits per heavy atom. The molecule has 128 valence electrons. The molecule has 0 atom stereocenters. The maximum Gasteiger partial charge on any atom is 0.243 e. The van der Waals surface area contributed by atoms with Crippen molar-refractivity contribution in [3.05, 3.63) is 35.7 Å². The second kappa shape index (κ2) is 8.39. The standard InChI is InChI=1S/C14H15F2N5O2S/c1-2-11-19-14(21-20-11)24-7-13(23)17-6-12(22)18-8-3-4-9(15)10(16)5-8/h3-5H,2,6-7H2,1H3,(H,17,23)(H,18,22)(H,19,20,21). The summed E-state index contributed by atoms with van der Waals surface area (Å²) in [5.41, 5.74) is 0.107. The summed E-state index contributed by atoms with van der Waals surface area (Å²) in [4.78, 5) is 27.5. The molecule has 24 heavy (non-hydrogen) atoms. The SMILES string of the molecule is CCc1nc(SCC(=O)NCC(=O)Nc2ccc(F)c(F)c2)n[nH]1. The van der Waals surface area contributed by atoms with Crippen LogP contribution in [0.4, 0.5) is 14.5 Å². The molecule has 0 aliphatic heterocycles. The predicted octanol–water partition coefficient (Wildman–Crippen LogP) is 1.49. The second-order valence-corrected chi connectivity index (χ2v) is 5.60. The molecule has 0 radical (unpaired) electrons. The number of aromatic amines is 1. The minimum atomic E-state index is -1.06. The van der Waals surface area contributed by atoms with Crippen LogP contribution in [0.2, 0.25) is 0 Å². The Balaban J connectivity index is 1.72. The number of benzene rings is 1. The van der Waals surface area contributed by atoms with Gasteiger partial charge in [-0.3, -0.25) is 14.7 Å². The molecular weight excluding hydrogens is 340 g/mol. The Bertz CT molecular complexity index is 738. The average Bonchev–Trinajstić information content (AvgIpc) is 3.02. The van der Waals surface area contributed by atoms with Gasteiger partial charge in [-0.15, -0.1) is 5.10 Å². The monoisotopic (exact) mass is 355 g/mol. The number of nitrogens with zero attached hydrogens (tertiary/aromatic N) is 2. The Morgan fingerprint density at radius 3 is 2.71 bits per heavy atom. The molecule has 0 saturated carbocycles. The first-order valence-corrected chi connectivity index (χ1v) is 8.02. The fourth-order valence-corrected chi connectivity index (χ4v) is 2.29. The highest BCUT2D eigenvalue weighted by atomic mass is 32.2. The third-order valence-corrected chi connectivity index (χ3v) is 3.68. The summed E-state index contributed by atoms with van der Waals surface area (Å²) in [5.74, 6) is -2.21. The molecule has 1 aromatic carbocycles. The van der Waals surface area contributed by atoms with Crippen LogP contribution in [0.25, 0.3) is 0 Å². The maximum absolute atomic E-state index is 13.0. The lowest BCUT2D eigenvalue weighted by Crippen LogP contribution is -2.33. The van der Waals surface area contributed by atoms with Crippen molar-refractivity contribution in [3.63, 3.8) is 0 Å². The molecule has 0 bridgehead atoms. The van der Waals surface area contributed by atoms with E-state index in [1.807, 2.05) is 6.92 Å². The molecule has 0 saturated heterocycles. The second-order valence-electron chi connectivity index (χ2n) is 4.66. The summed E-state index contributed by atoms with van der Waals surface area (Å²) in [5, 5.41) is 11.9. The molecule has 0 aliphatic rings. The fraction of sp³-hybridized carbons (Fsp3) is 0.286.